The van der Waals surface area contributed by atoms with Gasteiger partial charge in [-0.25, -0.2) is 0 Å². The van der Waals surface area contributed by atoms with Crippen LogP contribution >= 0.6 is 0 Å². The van der Waals surface area contributed by atoms with Crippen molar-refractivity contribution >= 4 is 24.6 Å². The van der Waals surface area contributed by atoms with Gasteiger partial charge in [0.25, 0.3) is 0 Å². The zero-order valence-corrected chi connectivity index (χ0v) is 13.4. The normalized spacial score (nSPS) is 10.5. The number of rotatable bonds is 3. The van der Waals surface area contributed by atoms with Gasteiger partial charge < -0.3 is 0 Å². The van der Waals surface area contributed by atoms with E-state index in [1.54, 1.807) is 31.4 Å². The molecular weight excluding hydrogens is 323 g/mol. The average molecular weight is 339 g/mol. The summed E-state index contributed by atoms with van der Waals surface area (Å²) in [4.78, 5) is 18.2. The summed E-state index contributed by atoms with van der Waals surface area (Å²) in [5, 5.41) is 9.08. The Hall–Kier alpha value is -1.22. The van der Waals surface area contributed by atoms with Crippen LogP contribution in [0.15, 0.2) is 24.3 Å². The minimum atomic E-state index is -2.70. The molecular formula is C12H16N2O2Sn. The van der Waals surface area contributed by atoms with Gasteiger partial charge in [-0.15, -0.1) is 0 Å². The quantitative estimate of drug-likeness (QED) is 0.483. The summed E-state index contributed by atoms with van der Waals surface area (Å²) in [5.74, 6) is 0.489. The van der Waals surface area contributed by atoms with Crippen LogP contribution in [-0.4, -0.2) is 34.8 Å². The van der Waals surface area contributed by atoms with Crippen molar-refractivity contribution in [2.24, 2.45) is 0 Å². The fourth-order valence-corrected chi connectivity index (χ4v) is 4.33. The third kappa shape index (κ3) is 3.37. The molecule has 1 aromatic rings. The SMILES string of the molecule is COc1ccc(C(=O)[N](C#N)[Sn]([CH3])([CH3])[CH3])cc1. The molecule has 1 amide bonds. The number of amides is 1. The van der Waals surface area contributed by atoms with Gasteiger partial charge in [-0.05, 0) is 0 Å². The molecule has 5 heteroatoms. The molecule has 90 valence electrons. The number of methoxy groups -OCH3 is 1. The molecule has 0 fully saturated rings. The van der Waals surface area contributed by atoms with Crippen LogP contribution in [-0.2, 0) is 0 Å². The van der Waals surface area contributed by atoms with Crippen molar-refractivity contribution < 1.29 is 9.53 Å². The third-order valence-electron chi connectivity index (χ3n) is 2.31. The maximum absolute atomic E-state index is 12.1. The van der Waals surface area contributed by atoms with Crippen molar-refractivity contribution in [1.82, 2.24) is 3.12 Å². The number of carbonyl (C=O) groups is 1. The third-order valence-corrected chi connectivity index (χ3v) is 7.01. The Bertz CT molecular complexity index is 443. The zero-order chi connectivity index (χ0) is 13.1. The number of hydrogen-bond donors (Lipinski definition) is 0. The first-order chi connectivity index (χ1) is 7.90. The number of carbonyl (C=O) groups excluding carboxylic acids is 1. The van der Waals surface area contributed by atoms with Gasteiger partial charge in [0, 0.05) is 0 Å². The predicted molar refractivity (Wildman–Crippen MR) is 68.1 cm³/mol. The Morgan fingerprint density at radius 1 is 1.29 bits per heavy atom. The molecule has 0 aliphatic rings. The first-order valence-corrected chi connectivity index (χ1v) is 15.1. The van der Waals surface area contributed by atoms with Crippen molar-refractivity contribution in [3.8, 4) is 11.9 Å². The van der Waals surface area contributed by atoms with Gasteiger partial charge in [0.2, 0.25) is 0 Å². The van der Waals surface area contributed by atoms with Crippen LogP contribution in [0.5, 0.6) is 5.75 Å². The standard InChI is InChI=1S/C9H8N2O2.3CH3.Sn/c1-13-8-4-2-7(3-5-8)9(12)11-6-10;;;;/h2-5H,1H3,(H,11,12);3*1H3;/q;;;;+1/p-1. The summed E-state index contributed by atoms with van der Waals surface area (Å²) in [6.45, 7) is 0. The van der Waals surface area contributed by atoms with E-state index in [1.165, 1.54) is 3.12 Å². The van der Waals surface area contributed by atoms with Gasteiger partial charge in [0.15, 0.2) is 0 Å². The van der Waals surface area contributed by atoms with Gasteiger partial charge >= 0.3 is 106 Å². The maximum atomic E-state index is 12.1. The van der Waals surface area contributed by atoms with Crippen molar-refractivity contribution in [2.45, 2.75) is 14.8 Å². The van der Waals surface area contributed by atoms with Gasteiger partial charge in [0.1, 0.15) is 0 Å². The molecule has 1 aromatic carbocycles. The molecule has 0 radical (unpaired) electrons. The topological polar surface area (TPSA) is 53.3 Å². The van der Waals surface area contributed by atoms with Crippen molar-refractivity contribution in [3.63, 3.8) is 0 Å². The first kappa shape index (κ1) is 13.8. The Morgan fingerprint density at radius 3 is 2.18 bits per heavy atom. The van der Waals surface area contributed by atoms with Crippen LogP contribution < -0.4 is 4.74 Å². The molecule has 0 aliphatic heterocycles. The summed E-state index contributed by atoms with van der Waals surface area (Å²) in [5.41, 5.74) is 0.527. The van der Waals surface area contributed by atoms with Gasteiger partial charge in [0.05, 0.1) is 0 Å². The van der Waals surface area contributed by atoms with Crippen LogP contribution in [0.3, 0.4) is 0 Å². The summed E-state index contributed by atoms with van der Waals surface area (Å²) >= 11 is -2.70. The van der Waals surface area contributed by atoms with E-state index in [4.69, 9.17) is 10.00 Å². The van der Waals surface area contributed by atoms with Crippen LogP contribution in [0.4, 0.5) is 0 Å². The van der Waals surface area contributed by atoms with Gasteiger partial charge in [-0.3, -0.25) is 0 Å². The molecule has 0 bridgehead atoms. The molecule has 0 spiro atoms. The van der Waals surface area contributed by atoms with E-state index in [9.17, 15) is 4.79 Å². The van der Waals surface area contributed by atoms with Crippen LogP contribution in [0.1, 0.15) is 10.4 Å². The van der Waals surface area contributed by atoms with Gasteiger partial charge in [-0.2, -0.15) is 0 Å². The molecule has 0 atom stereocenters. The number of nitriles is 1. The summed E-state index contributed by atoms with van der Waals surface area (Å²) in [6, 6.07) is 6.81. The predicted octanol–water partition coefficient (Wildman–Crippen LogP) is 2.45. The zero-order valence-electron chi connectivity index (χ0n) is 10.5. The monoisotopic (exact) mass is 340 g/mol. The second-order valence-corrected chi connectivity index (χ2v) is 18.3. The Labute approximate surface area is 106 Å². The van der Waals surface area contributed by atoms with E-state index >= 15 is 0 Å². The molecule has 0 saturated carbocycles. The number of ether oxygens (including phenoxy) is 1. The van der Waals surface area contributed by atoms with E-state index in [0.717, 1.165) is 0 Å². The molecule has 1 rings (SSSR count). The second kappa shape index (κ2) is 5.41. The fraction of sp³-hybridized carbons (Fsp3) is 0.333. The van der Waals surface area contributed by atoms with E-state index in [0.29, 0.717) is 11.3 Å². The second-order valence-electron chi connectivity index (χ2n) is 4.64. The van der Waals surface area contributed by atoms with E-state index in [-0.39, 0.29) is 5.91 Å². The Balaban J connectivity index is 3.00. The molecule has 4 nitrogen and oxygen atoms in total. The van der Waals surface area contributed by atoms with E-state index in [2.05, 4.69) is 0 Å². The van der Waals surface area contributed by atoms with Crippen molar-refractivity contribution in [2.75, 3.05) is 7.11 Å². The number of nitrogens with zero attached hydrogens (tertiary/aromatic N) is 2. The summed E-state index contributed by atoms with van der Waals surface area (Å²) in [6.07, 6.45) is 2.01. The van der Waals surface area contributed by atoms with E-state index < -0.39 is 18.7 Å². The van der Waals surface area contributed by atoms with Crippen LogP contribution in [0.25, 0.3) is 0 Å². The molecule has 0 aliphatic carbocycles. The van der Waals surface area contributed by atoms with Crippen molar-refractivity contribution in [1.29, 1.82) is 5.26 Å². The van der Waals surface area contributed by atoms with Crippen LogP contribution in [0, 0.1) is 11.5 Å². The summed E-state index contributed by atoms with van der Waals surface area (Å²) in [7, 11) is 1.57. The number of benzene rings is 1. The van der Waals surface area contributed by atoms with Crippen LogP contribution in [0.2, 0.25) is 14.8 Å². The number of hydrogen-bond acceptors (Lipinski definition) is 3. The molecule has 0 heterocycles. The summed E-state index contributed by atoms with van der Waals surface area (Å²) < 4.78 is 6.40. The molecule has 0 aromatic heterocycles. The molecule has 0 saturated heterocycles. The van der Waals surface area contributed by atoms with Gasteiger partial charge in [-0.1, -0.05) is 0 Å². The average Bonchev–Trinajstić information content (AvgIpc) is 2.28. The molecule has 0 unspecified atom stereocenters. The molecule has 17 heavy (non-hydrogen) atoms. The fourth-order valence-electron chi connectivity index (χ4n) is 1.36. The van der Waals surface area contributed by atoms with E-state index in [1.807, 2.05) is 21.0 Å². The van der Waals surface area contributed by atoms with Crippen molar-refractivity contribution in [3.05, 3.63) is 29.8 Å². The Kier molecular flexibility index (Phi) is 4.40. The first-order valence-electron chi connectivity index (χ1n) is 5.28. The minimum absolute atomic E-state index is 0.210. The Morgan fingerprint density at radius 2 is 1.82 bits per heavy atom. The molecule has 0 N–H and O–H groups in total.